The SMILES string of the molecule is CC(C)(C)OC(=O)N1CCCN(S(=O)(=O)c2cc3cc(Cl)ccc3n2S(=O)(=O)c2ccccc2)CC1. The zero-order valence-electron chi connectivity index (χ0n) is 20.2. The summed E-state index contributed by atoms with van der Waals surface area (Å²) in [6.45, 7) is 5.84. The summed E-state index contributed by atoms with van der Waals surface area (Å²) in [7, 11) is -8.53. The Labute approximate surface area is 216 Å². The van der Waals surface area contributed by atoms with E-state index in [1.54, 1.807) is 39.0 Å². The highest BCUT2D eigenvalue weighted by atomic mass is 35.5. The summed E-state index contributed by atoms with van der Waals surface area (Å²) in [5, 5.41) is 0.351. The van der Waals surface area contributed by atoms with Crippen molar-refractivity contribution in [3.8, 4) is 0 Å². The molecule has 0 bridgehead atoms. The summed E-state index contributed by atoms with van der Waals surface area (Å²) in [6.07, 6.45) is -0.146. The smallest absolute Gasteiger partial charge is 0.410 e. The molecule has 0 N–H and O–H groups in total. The number of ether oxygens (including phenoxy) is 1. The summed E-state index contributed by atoms with van der Waals surface area (Å²) in [4.78, 5) is 14.0. The second-order valence-corrected chi connectivity index (χ2v) is 13.6. The number of carbonyl (C=O) groups excluding carboxylic acids is 1. The van der Waals surface area contributed by atoms with E-state index in [0.29, 0.717) is 23.4 Å². The minimum absolute atomic E-state index is 0.00472. The van der Waals surface area contributed by atoms with Crippen LogP contribution >= 0.6 is 11.6 Å². The van der Waals surface area contributed by atoms with E-state index < -0.39 is 31.7 Å². The quantitative estimate of drug-likeness (QED) is 0.480. The van der Waals surface area contributed by atoms with Gasteiger partial charge in [-0.2, -0.15) is 4.31 Å². The van der Waals surface area contributed by atoms with Crippen LogP contribution in [0.15, 0.2) is 64.5 Å². The molecular weight excluding hydrogens is 526 g/mol. The van der Waals surface area contributed by atoms with Gasteiger partial charge in [0.2, 0.25) is 0 Å². The molecule has 2 aromatic carbocycles. The average molecular weight is 554 g/mol. The van der Waals surface area contributed by atoms with Crippen LogP contribution in [-0.4, -0.2) is 67.9 Å². The van der Waals surface area contributed by atoms with Gasteiger partial charge < -0.3 is 9.64 Å². The molecule has 0 aliphatic carbocycles. The molecule has 194 valence electrons. The molecule has 1 amide bonds. The van der Waals surface area contributed by atoms with E-state index >= 15 is 0 Å². The number of aromatic nitrogens is 1. The Kier molecular flexibility index (Phi) is 7.13. The van der Waals surface area contributed by atoms with Crippen LogP contribution < -0.4 is 0 Å². The Balaban J connectivity index is 1.76. The van der Waals surface area contributed by atoms with Gasteiger partial charge in [-0.1, -0.05) is 29.8 Å². The largest absolute Gasteiger partial charge is 0.444 e. The lowest BCUT2D eigenvalue weighted by atomic mass is 10.2. The van der Waals surface area contributed by atoms with Crippen LogP contribution in [0.4, 0.5) is 4.79 Å². The summed E-state index contributed by atoms with van der Waals surface area (Å²) < 4.78 is 62.6. The van der Waals surface area contributed by atoms with Crippen LogP contribution in [0.2, 0.25) is 5.02 Å². The molecule has 1 aliphatic heterocycles. The lowest BCUT2D eigenvalue weighted by Crippen LogP contribution is -2.40. The highest BCUT2D eigenvalue weighted by Crippen LogP contribution is 2.32. The molecule has 36 heavy (non-hydrogen) atoms. The first-order chi connectivity index (χ1) is 16.8. The van der Waals surface area contributed by atoms with E-state index in [1.165, 1.54) is 45.6 Å². The standard InChI is InChI=1S/C24H28ClN3O6S2/c1-24(2,3)34-23(29)26-12-7-13-27(15-14-26)36(32,33)22-17-18-16-19(25)10-11-21(18)28(22)35(30,31)20-8-5-4-6-9-20/h4-6,8-11,16-17H,7,12-15H2,1-3H3. The van der Waals surface area contributed by atoms with Crippen molar-refractivity contribution in [2.75, 3.05) is 26.2 Å². The number of nitrogens with zero attached hydrogens (tertiary/aromatic N) is 3. The van der Waals surface area contributed by atoms with Crippen molar-refractivity contribution in [3.05, 3.63) is 59.6 Å². The molecule has 1 fully saturated rings. The van der Waals surface area contributed by atoms with Crippen molar-refractivity contribution in [2.45, 2.75) is 42.7 Å². The Morgan fingerprint density at radius 2 is 1.58 bits per heavy atom. The zero-order chi connectivity index (χ0) is 26.3. The van der Waals surface area contributed by atoms with Crippen molar-refractivity contribution in [2.24, 2.45) is 0 Å². The molecule has 3 aromatic rings. The van der Waals surface area contributed by atoms with E-state index in [-0.39, 0.29) is 35.1 Å². The zero-order valence-corrected chi connectivity index (χ0v) is 22.6. The molecule has 0 unspecified atom stereocenters. The number of hydrogen-bond donors (Lipinski definition) is 0. The Morgan fingerprint density at radius 3 is 2.25 bits per heavy atom. The molecule has 0 radical (unpaired) electrons. The lowest BCUT2D eigenvalue weighted by Gasteiger charge is -2.26. The first kappa shape index (κ1) is 26.5. The number of fused-ring (bicyclic) bond motifs is 1. The van der Waals surface area contributed by atoms with Crippen LogP contribution in [0.5, 0.6) is 0 Å². The van der Waals surface area contributed by atoms with Crippen molar-refractivity contribution >= 4 is 48.6 Å². The molecule has 1 aromatic heterocycles. The van der Waals surface area contributed by atoms with Crippen LogP contribution in [0.3, 0.4) is 0 Å². The van der Waals surface area contributed by atoms with Gasteiger partial charge in [-0.15, -0.1) is 0 Å². The van der Waals surface area contributed by atoms with E-state index in [9.17, 15) is 21.6 Å². The molecule has 0 atom stereocenters. The fourth-order valence-corrected chi connectivity index (χ4v) is 7.76. The molecular formula is C24H28ClN3O6S2. The Morgan fingerprint density at radius 1 is 0.889 bits per heavy atom. The van der Waals surface area contributed by atoms with Gasteiger partial charge >= 0.3 is 6.09 Å². The van der Waals surface area contributed by atoms with E-state index in [4.69, 9.17) is 16.3 Å². The third-order valence-corrected chi connectivity index (χ3v) is 9.65. The normalized spacial score (nSPS) is 16.2. The fourth-order valence-electron chi connectivity index (χ4n) is 4.04. The first-order valence-electron chi connectivity index (χ1n) is 11.4. The third kappa shape index (κ3) is 5.24. The number of halogens is 1. The third-order valence-electron chi connectivity index (χ3n) is 5.68. The molecule has 1 aliphatic rings. The maximum absolute atomic E-state index is 13.9. The molecule has 9 nitrogen and oxygen atoms in total. The number of sulfonamides is 1. The van der Waals surface area contributed by atoms with E-state index in [2.05, 4.69) is 0 Å². The summed E-state index contributed by atoms with van der Waals surface area (Å²) >= 11 is 6.12. The highest BCUT2D eigenvalue weighted by molar-refractivity contribution is 7.92. The minimum Gasteiger partial charge on any atom is -0.444 e. The van der Waals surface area contributed by atoms with Gasteiger partial charge in [0.15, 0.2) is 5.03 Å². The van der Waals surface area contributed by atoms with E-state index in [0.717, 1.165) is 3.97 Å². The van der Waals surface area contributed by atoms with Crippen molar-refractivity contribution in [1.82, 2.24) is 13.2 Å². The molecule has 0 saturated carbocycles. The van der Waals surface area contributed by atoms with Gasteiger partial charge in [-0.25, -0.2) is 25.6 Å². The maximum atomic E-state index is 13.9. The Bertz CT molecular complexity index is 1500. The Hall–Kier alpha value is -2.60. The van der Waals surface area contributed by atoms with Crippen LogP contribution in [0.1, 0.15) is 27.2 Å². The monoisotopic (exact) mass is 553 g/mol. The number of rotatable bonds is 4. The van der Waals surface area contributed by atoms with E-state index in [1.807, 2.05) is 0 Å². The van der Waals surface area contributed by atoms with Gasteiger partial charge in [-0.3, -0.25) is 0 Å². The second kappa shape index (κ2) is 9.70. The maximum Gasteiger partial charge on any atom is 0.410 e. The fraction of sp³-hybridized carbons (Fsp3) is 0.375. The average Bonchev–Trinajstić information content (AvgIpc) is 3.01. The second-order valence-electron chi connectivity index (χ2n) is 9.49. The predicted octanol–water partition coefficient (Wildman–Crippen LogP) is 4.16. The molecule has 2 heterocycles. The lowest BCUT2D eigenvalue weighted by molar-refractivity contribution is 0.0260. The van der Waals surface area contributed by atoms with Gasteiger partial charge in [-0.05, 0) is 63.6 Å². The van der Waals surface area contributed by atoms with Crippen molar-refractivity contribution in [1.29, 1.82) is 0 Å². The molecule has 0 spiro atoms. The van der Waals surface area contributed by atoms with Gasteiger partial charge in [0.25, 0.3) is 20.0 Å². The van der Waals surface area contributed by atoms with Gasteiger partial charge in [0, 0.05) is 36.6 Å². The number of carbonyl (C=O) groups is 1. The van der Waals surface area contributed by atoms with Gasteiger partial charge in [0.1, 0.15) is 5.60 Å². The summed E-state index contributed by atoms with van der Waals surface area (Å²) in [5.41, 5.74) is -0.476. The topological polar surface area (TPSA) is 106 Å². The van der Waals surface area contributed by atoms with Gasteiger partial charge in [0.05, 0.1) is 10.4 Å². The minimum atomic E-state index is -4.27. The predicted molar refractivity (Wildman–Crippen MR) is 137 cm³/mol. The first-order valence-corrected chi connectivity index (χ1v) is 14.7. The van der Waals surface area contributed by atoms with Crippen LogP contribution in [-0.2, 0) is 24.8 Å². The van der Waals surface area contributed by atoms with Crippen molar-refractivity contribution in [3.63, 3.8) is 0 Å². The number of amides is 1. The highest BCUT2D eigenvalue weighted by Gasteiger charge is 2.35. The van der Waals surface area contributed by atoms with Crippen LogP contribution in [0, 0.1) is 0 Å². The number of hydrogen-bond acceptors (Lipinski definition) is 6. The molecule has 1 saturated heterocycles. The van der Waals surface area contributed by atoms with Crippen molar-refractivity contribution < 1.29 is 26.4 Å². The summed E-state index contributed by atoms with van der Waals surface area (Å²) in [5.74, 6) is 0. The molecule has 12 heteroatoms. The van der Waals surface area contributed by atoms with Crippen LogP contribution in [0.25, 0.3) is 10.9 Å². The number of benzene rings is 2. The molecule has 4 rings (SSSR count). The summed E-state index contributed by atoms with van der Waals surface area (Å²) in [6, 6.07) is 13.5.